The normalized spacial score (nSPS) is 15.6. The van der Waals surface area contributed by atoms with Gasteiger partial charge in [-0.1, -0.05) is 33.6 Å². The van der Waals surface area contributed by atoms with Crippen LogP contribution in [0.3, 0.4) is 0 Å². The highest BCUT2D eigenvalue weighted by Crippen LogP contribution is 2.33. The van der Waals surface area contributed by atoms with Crippen LogP contribution in [-0.2, 0) is 9.84 Å². The Morgan fingerprint density at radius 2 is 1.67 bits per heavy atom. The Balaban J connectivity index is 4.39. The van der Waals surface area contributed by atoms with Gasteiger partial charge in [0, 0.05) is 12.3 Å². The summed E-state index contributed by atoms with van der Waals surface area (Å²) in [5.74, 6) is 0.619. The van der Waals surface area contributed by atoms with Crippen LogP contribution in [0.5, 0.6) is 0 Å². The highest BCUT2D eigenvalue weighted by molar-refractivity contribution is 7.91. The van der Waals surface area contributed by atoms with Gasteiger partial charge in [0.05, 0.1) is 5.75 Å². The van der Waals surface area contributed by atoms with E-state index in [0.717, 1.165) is 25.8 Å². The molecule has 0 rings (SSSR count). The molecule has 0 saturated heterocycles. The van der Waals surface area contributed by atoms with E-state index in [-0.39, 0.29) is 11.2 Å². The van der Waals surface area contributed by atoms with Crippen molar-refractivity contribution in [1.29, 1.82) is 0 Å². The van der Waals surface area contributed by atoms with Gasteiger partial charge < -0.3 is 5.32 Å². The first kappa shape index (κ1) is 17.9. The number of hydrogen-bond acceptors (Lipinski definition) is 3. The maximum Gasteiger partial charge on any atom is 0.150 e. The molecule has 0 fully saturated rings. The van der Waals surface area contributed by atoms with Crippen molar-refractivity contribution >= 4 is 9.84 Å². The molecule has 0 amide bonds. The molecular formula is C14H31NO2S. The van der Waals surface area contributed by atoms with E-state index in [1.165, 1.54) is 19.3 Å². The molecule has 4 heteroatoms. The van der Waals surface area contributed by atoms with Crippen LogP contribution in [0.2, 0.25) is 0 Å². The van der Waals surface area contributed by atoms with E-state index in [2.05, 4.69) is 19.2 Å². The van der Waals surface area contributed by atoms with Gasteiger partial charge in [-0.3, -0.25) is 0 Å². The fourth-order valence-electron chi connectivity index (χ4n) is 2.52. The van der Waals surface area contributed by atoms with Crippen LogP contribution in [0, 0.1) is 5.41 Å². The van der Waals surface area contributed by atoms with Crippen molar-refractivity contribution < 1.29 is 8.42 Å². The molecule has 18 heavy (non-hydrogen) atoms. The Labute approximate surface area is 114 Å². The van der Waals surface area contributed by atoms with E-state index in [9.17, 15) is 8.42 Å². The summed E-state index contributed by atoms with van der Waals surface area (Å²) < 4.78 is 23.1. The van der Waals surface area contributed by atoms with Gasteiger partial charge in [0.15, 0.2) is 0 Å². The summed E-state index contributed by atoms with van der Waals surface area (Å²) in [6, 6.07) is 0. The smallest absolute Gasteiger partial charge is 0.150 e. The zero-order valence-corrected chi connectivity index (χ0v) is 13.4. The summed E-state index contributed by atoms with van der Waals surface area (Å²) in [5.41, 5.74) is 0.286. The van der Waals surface area contributed by atoms with Gasteiger partial charge in [-0.2, -0.15) is 0 Å². The summed E-state index contributed by atoms with van der Waals surface area (Å²) in [6.07, 6.45) is 6.58. The van der Waals surface area contributed by atoms with Crippen molar-refractivity contribution in [2.45, 2.75) is 59.3 Å². The van der Waals surface area contributed by atoms with Crippen LogP contribution in [0.25, 0.3) is 0 Å². The Bertz CT molecular complexity index is 301. The Kier molecular flexibility index (Phi) is 8.87. The molecule has 110 valence electrons. The minimum atomic E-state index is -2.81. The SMILES string of the molecule is CCCCC(CC)(CCCS(=O)(=O)CC)CNC. The summed E-state index contributed by atoms with van der Waals surface area (Å²) >= 11 is 0. The average Bonchev–Trinajstić information content (AvgIpc) is 2.36. The lowest BCUT2D eigenvalue weighted by Crippen LogP contribution is -2.32. The summed E-state index contributed by atoms with van der Waals surface area (Å²) in [4.78, 5) is 0. The molecule has 0 radical (unpaired) electrons. The van der Waals surface area contributed by atoms with E-state index in [1.807, 2.05) is 7.05 Å². The standard InChI is InChI=1S/C14H31NO2S/c1-5-8-10-14(6-2,13-15-4)11-9-12-18(16,17)7-3/h15H,5-13H2,1-4H3. The molecule has 1 N–H and O–H groups in total. The molecule has 0 heterocycles. The molecule has 1 atom stereocenters. The molecule has 0 aromatic rings. The van der Waals surface area contributed by atoms with E-state index in [1.54, 1.807) is 6.92 Å². The molecule has 0 aromatic heterocycles. The molecule has 0 aliphatic rings. The van der Waals surface area contributed by atoms with Crippen LogP contribution in [0.1, 0.15) is 59.3 Å². The first-order valence-corrected chi connectivity index (χ1v) is 9.12. The Morgan fingerprint density at radius 1 is 1.06 bits per heavy atom. The number of sulfone groups is 1. The second-order valence-electron chi connectivity index (χ2n) is 5.33. The first-order valence-electron chi connectivity index (χ1n) is 7.30. The highest BCUT2D eigenvalue weighted by atomic mass is 32.2. The quantitative estimate of drug-likeness (QED) is 0.631. The second-order valence-corrected chi connectivity index (χ2v) is 7.80. The number of rotatable bonds is 11. The topological polar surface area (TPSA) is 46.2 Å². The van der Waals surface area contributed by atoms with Gasteiger partial charge in [-0.25, -0.2) is 8.42 Å². The third kappa shape index (κ3) is 6.74. The van der Waals surface area contributed by atoms with E-state index in [0.29, 0.717) is 5.75 Å². The van der Waals surface area contributed by atoms with E-state index >= 15 is 0 Å². The monoisotopic (exact) mass is 277 g/mol. The number of hydrogen-bond donors (Lipinski definition) is 1. The van der Waals surface area contributed by atoms with Gasteiger partial charge in [0.25, 0.3) is 0 Å². The lowest BCUT2D eigenvalue weighted by atomic mass is 9.76. The lowest BCUT2D eigenvalue weighted by molar-refractivity contribution is 0.215. The summed E-state index contributed by atoms with van der Waals surface area (Å²) in [5, 5.41) is 3.28. The van der Waals surface area contributed by atoms with Crippen molar-refractivity contribution in [3.8, 4) is 0 Å². The maximum atomic E-state index is 11.5. The fourth-order valence-corrected chi connectivity index (χ4v) is 3.39. The molecule has 0 aromatic carbocycles. The zero-order chi connectivity index (χ0) is 14.1. The van der Waals surface area contributed by atoms with Gasteiger partial charge in [-0.15, -0.1) is 0 Å². The van der Waals surface area contributed by atoms with Crippen LogP contribution in [0.4, 0.5) is 0 Å². The van der Waals surface area contributed by atoms with E-state index in [4.69, 9.17) is 0 Å². The molecule has 0 bridgehead atoms. The summed E-state index contributed by atoms with van der Waals surface area (Å²) in [7, 11) is -0.821. The maximum absolute atomic E-state index is 11.5. The van der Waals surface area contributed by atoms with Crippen molar-refractivity contribution in [2.24, 2.45) is 5.41 Å². The number of nitrogens with one attached hydrogen (secondary N) is 1. The molecule has 0 aliphatic carbocycles. The minimum absolute atomic E-state index is 0.271. The van der Waals surface area contributed by atoms with Crippen LogP contribution in [0.15, 0.2) is 0 Å². The van der Waals surface area contributed by atoms with E-state index < -0.39 is 9.84 Å². The molecular weight excluding hydrogens is 246 g/mol. The van der Waals surface area contributed by atoms with Crippen molar-refractivity contribution in [3.63, 3.8) is 0 Å². The largest absolute Gasteiger partial charge is 0.319 e. The predicted octanol–water partition coefficient (Wildman–Crippen LogP) is 3.01. The molecule has 0 aliphatic heterocycles. The second kappa shape index (κ2) is 8.92. The molecule has 0 saturated carbocycles. The van der Waals surface area contributed by atoms with Gasteiger partial charge in [0.1, 0.15) is 9.84 Å². The van der Waals surface area contributed by atoms with Gasteiger partial charge >= 0.3 is 0 Å². The third-order valence-corrected chi connectivity index (χ3v) is 5.76. The molecule has 0 spiro atoms. The lowest BCUT2D eigenvalue weighted by Gasteiger charge is -2.33. The third-order valence-electron chi connectivity index (χ3n) is 3.96. The van der Waals surface area contributed by atoms with Crippen LogP contribution in [-0.4, -0.2) is 33.5 Å². The number of unbranched alkanes of at least 4 members (excludes halogenated alkanes) is 1. The Hall–Kier alpha value is -0.0900. The first-order chi connectivity index (χ1) is 8.45. The molecule has 3 nitrogen and oxygen atoms in total. The minimum Gasteiger partial charge on any atom is -0.319 e. The van der Waals surface area contributed by atoms with Gasteiger partial charge in [-0.05, 0) is 38.1 Å². The molecule has 1 unspecified atom stereocenters. The highest BCUT2D eigenvalue weighted by Gasteiger charge is 2.26. The van der Waals surface area contributed by atoms with Crippen molar-refractivity contribution in [1.82, 2.24) is 5.32 Å². The Morgan fingerprint density at radius 3 is 2.11 bits per heavy atom. The van der Waals surface area contributed by atoms with Crippen LogP contribution >= 0.6 is 0 Å². The van der Waals surface area contributed by atoms with Crippen LogP contribution < -0.4 is 5.32 Å². The van der Waals surface area contributed by atoms with Crippen molar-refractivity contribution in [2.75, 3.05) is 25.1 Å². The summed E-state index contributed by atoms with van der Waals surface area (Å²) in [6.45, 7) is 7.16. The predicted molar refractivity (Wildman–Crippen MR) is 79.7 cm³/mol. The zero-order valence-electron chi connectivity index (χ0n) is 12.6. The fraction of sp³-hybridized carbons (Fsp3) is 1.00. The van der Waals surface area contributed by atoms with Gasteiger partial charge in [0.2, 0.25) is 0 Å². The average molecular weight is 277 g/mol. The van der Waals surface area contributed by atoms with Crippen molar-refractivity contribution in [3.05, 3.63) is 0 Å².